The molecule has 4 rings (SSSR count). The second kappa shape index (κ2) is 8.95. The lowest BCUT2D eigenvalue weighted by Crippen LogP contribution is -2.13. The monoisotopic (exact) mass is 441 g/mol. The molecule has 0 saturated heterocycles. The van der Waals surface area contributed by atoms with Crippen molar-refractivity contribution in [3.63, 3.8) is 0 Å². The Bertz CT molecular complexity index is 1080. The predicted octanol–water partition coefficient (Wildman–Crippen LogP) is 5.13. The maximum atomic E-state index is 12.4. The second-order valence-corrected chi connectivity index (χ2v) is 10.0. The van der Waals surface area contributed by atoms with E-state index in [1.54, 1.807) is 11.3 Å². The zero-order valence-corrected chi connectivity index (χ0v) is 18.3. The van der Waals surface area contributed by atoms with Gasteiger partial charge in [0, 0.05) is 10.6 Å². The lowest BCUT2D eigenvalue weighted by molar-refractivity contribution is -0.113. The first kappa shape index (κ1) is 19.9. The molecule has 1 aliphatic carbocycles. The van der Waals surface area contributed by atoms with E-state index in [0.717, 1.165) is 46.8 Å². The van der Waals surface area contributed by atoms with Gasteiger partial charge in [0.05, 0.1) is 11.3 Å². The normalized spacial score (nSPS) is 12.8. The van der Waals surface area contributed by atoms with E-state index in [2.05, 4.69) is 26.9 Å². The van der Waals surface area contributed by atoms with Gasteiger partial charge in [0.15, 0.2) is 4.34 Å². The Hall–Kier alpha value is -2.41. The third-order valence-corrected chi connectivity index (χ3v) is 7.72. The summed E-state index contributed by atoms with van der Waals surface area (Å²) in [5.41, 5.74) is 3.89. The smallest absolute Gasteiger partial charge is 0.235 e. The van der Waals surface area contributed by atoms with Gasteiger partial charge in [-0.25, -0.2) is 0 Å². The van der Waals surface area contributed by atoms with E-state index in [9.17, 15) is 10.1 Å². The molecule has 2 heterocycles. The van der Waals surface area contributed by atoms with Gasteiger partial charge < -0.3 is 10.6 Å². The van der Waals surface area contributed by atoms with Crippen LogP contribution in [0.3, 0.4) is 0 Å². The van der Waals surface area contributed by atoms with Gasteiger partial charge >= 0.3 is 0 Å². The molecule has 0 spiro atoms. The second-order valence-electron chi connectivity index (χ2n) is 6.73. The Morgan fingerprint density at radius 1 is 1.28 bits per heavy atom. The molecule has 2 aromatic heterocycles. The summed E-state index contributed by atoms with van der Waals surface area (Å²) in [5.74, 6) is 0.0977. The summed E-state index contributed by atoms with van der Waals surface area (Å²) in [5, 5.41) is 25.3. The van der Waals surface area contributed by atoms with E-state index in [1.807, 2.05) is 31.2 Å². The number of hydrogen-bond acceptors (Lipinski definition) is 8. The summed E-state index contributed by atoms with van der Waals surface area (Å²) in [4.78, 5) is 13.7. The largest absolute Gasteiger partial charge is 0.330 e. The van der Waals surface area contributed by atoms with Gasteiger partial charge in [0.1, 0.15) is 11.1 Å². The summed E-state index contributed by atoms with van der Waals surface area (Å²) in [6, 6.07) is 10.3. The van der Waals surface area contributed by atoms with Crippen LogP contribution in [-0.2, 0) is 17.6 Å². The van der Waals surface area contributed by atoms with Crippen LogP contribution >= 0.6 is 34.4 Å². The average molecular weight is 442 g/mol. The fraction of sp³-hybridized carbons (Fsp3) is 0.300. The summed E-state index contributed by atoms with van der Waals surface area (Å²) >= 11 is 4.30. The minimum absolute atomic E-state index is 0.131. The minimum atomic E-state index is -0.131. The molecule has 2 N–H and O–H groups in total. The molecule has 0 unspecified atom stereocenters. The number of carbonyl (C=O) groups is 1. The van der Waals surface area contributed by atoms with Gasteiger partial charge in [0.25, 0.3) is 0 Å². The summed E-state index contributed by atoms with van der Waals surface area (Å²) < 4.78 is 0.723. The summed E-state index contributed by atoms with van der Waals surface area (Å²) in [6.45, 7) is 2.03. The van der Waals surface area contributed by atoms with Gasteiger partial charge in [0.2, 0.25) is 11.0 Å². The van der Waals surface area contributed by atoms with Crippen molar-refractivity contribution in [2.75, 3.05) is 16.4 Å². The van der Waals surface area contributed by atoms with E-state index in [-0.39, 0.29) is 11.7 Å². The number of amides is 1. The molecule has 0 radical (unpaired) electrons. The molecular formula is C20H19N5OS3. The van der Waals surface area contributed by atoms with E-state index < -0.39 is 0 Å². The minimum Gasteiger partial charge on any atom is -0.330 e. The van der Waals surface area contributed by atoms with Gasteiger partial charge in [-0.1, -0.05) is 35.2 Å². The highest BCUT2D eigenvalue weighted by atomic mass is 32.2. The Kier molecular flexibility index (Phi) is 6.13. The molecular weight excluding hydrogens is 422 g/mol. The van der Waals surface area contributed by atoms with Crippen molar-refractivity contribution in [1.82, 2.24) is 10.2 Å². The van der Waals surface area contributed by atoms with Crippen molar-refractivity contribution in [1.29, 1.82) is 5.26 Å². The molecule has 148 valence electrons. The predicted molar refractivity (Wildman–Crippen MR) is 119 cm³/mol. The zero-order valence-electron chi connectivity index (χ0n) is 15.8. The molecule has 1 aliphatic rings. The van der Waals surface area contributed by atoms with Crippen molar-refractivity contribution >= 4 is 56.2 Å². The number of rotatable bonds is 6. The van der Waals surface area contributed by atoms with Crippen molar-refractivity contribution < 1.29 is 4.79 Å². The first-order chi connectivity index (χ1) is 14.1. The highest BCUT2D eigenvalue weighted by Crippen LogP contribution is 2.37. The van der Waals surface area contributed by atoms with Crippen molar-refractivity contribution in [2.45, 2.75) is 36.9 Å². The van der Waals surface area contributed by atoms with Crippen LogP contribution in [0, 0.1) is 18.3 Å². The molecule has 0 saturated carbocycles. The van der Waals surface area contributed by atoms with E-state index in [4.69, 9.17) is 0 Å². The van der Waals surface area contributed by atoms with Crippen LogP contribution in [0.5, 0.6) is 0 Å². The number of thioether (sulfide) groups is 1. The Labute approximate surface area is 181 Å². The lowest BCUT2D eigenvalue weighted by Gasteiger charge is -2.09. The number of thiophene rings is 1. The fourth-order valence-corrected chi connectivity index (χ4v) is 6.06. The van der Waals surface area contributed by atoms with Crippen molar-refractivity contribution in [3.8, 4) is 6.07 Å². The van der Waals surface area contributed by atoms with Crippen LogP contribution in [0.1, 0.15) is 34.4 Å². The topological polar surface area (TPSA) is 90.7 Å². The first-order valence-corrected chi connectivity index (χ1v) is 11.9. The molecule has 1 aromatic carbocycles. The van der Waals surface area contributed by atoms with Crippen LogP contribution in [-0.4, -0.2) is 21.9 Å². The highest BCUT2D eigenvalue weighted by molar-refractivity contribution is 8.01. The number of fused-ring (bicyclic) bond motifs is 1. The lowest BCUT2D eigenvalue weighted by atomic mass is 9.96. The number of nitrogens with zero attached hydrogens (tertiary/aromatic N) is 3. The SMILES string of the molecule is Cc1cccc(Nc2nnc(SCC(=O)Nc3sc4c(c3C#N)CCCC4)s2)c1. The third kappa shape index (κ3) is 4.78. The molecule has 1 amide bonds. The van der Waals surface area contributed by atoms with Crippen LogP contribution in [0.25, 0.3) is 0 Å². The zero-order chi connectivity index (χ0) is 20.2. The number of carbonyl (C=O) groups excluding carboxylic acids is 1. The maximum Gasteiger partial charge on any atom is 0.235 e. The van der Waals surface area contributed by atoms with Gasteiger partial charge in [-0.15, -0.1) is 21.5 Å². The van der Waals surface area contributed by atoms with Crippen molar-refractivity contribution in [2.24, 2.45) is 0 Å². The molecule has 3 aromatic rings. The molecule has 0 aliphatic heterocycles. The van der Waals surface area contributed by atoms with E-state index in [1.165, 1.54) is 28.0 Å². The van der Waals surface area contributed by atoms with Gasteiger partial charge in [-0.2, -0.15) is 5.26 Å². The maximum absolute atomic E-state index is 12.4. The van der Waals surface area contributed by atoms with Gasteiger partial charge in [-0.3, -0.25) is 4.79 Å². The third-order valence-electron chi connectivity index (χ3n) is 4.54. The number of nitrogens with one attached hydrogen (secondary N) is 2. The molecule has 0 bridgehead atoms. The number of anilines is 3. The number of aromatic nitrogens is 2. The summed E-state index contributed by atoms with van der Waals surface area (Å²) in [7, 11) is 0. The van der Waals surface area contributed by atoms with Crippen molar-refractivity contribution in [3.05, 3.63) is 45.8 Å². The van der Waals surface area contributed by atoms with Gasteiger partial charge in [-0.05, 0) is 55.9 Å². The van der Waals surface area contributed by atoms with E-state index >= 15 is 0 Å². The number of aryl methyl sites for hydroxylation is 2. The molecule has 6 nitrogen and oxygen atoms in total. The Morgan fingerprint density at radius 3 is 2.97 bits per heavy atom. The number of hydrogen-bond donors (Lipinski definition) is 2. The van der Waals surface area contributed by atoms with Crippen LogP contribution in [0.4, 0.5) is 15.8 Å². The Balaban J connectivity index is 1.34. The molecule has 29 heavy (non-hydrogen) atoms. The Morgan fingerprint density at radius 2 is 2.14 bits per heavy atom. The highest BCUT2D eigenvalue weighted by Gasteiger charge is 2.22. The average Bonchev–Trinajstić information content (AvgIpc) is 3.30. The van der Waals surface area contributed by atoms with E-state index in [0.29, 0.717) is 15.7 Å². The molecule has 0 atom stereocenters. The van der Waals surface area contributed by atoms with Crippen LogP contribution in [0.15, 0.2) is 28.6 Å². The number of nitriles is 1. The van der Waals surface area contributed by atoms with Crippen LogP contribution < -0.4 is 10.6 Å². The van der Waals surface area contributed by atoms with Crippen LogP contribution in [0.2, 0.25) is 0 Å². The fourth-order valence-electron chi connectivity index (χ4n) is 3.23. The quantitative estimate of drug-likeness (QED) is 0.515. The first-order valence-electron chi connectivity index (χ1n) is 9.27. The molecule has 9 heteroatoms. The summed E-state index contributed by atoms with van der Waals surface area (Å²) in [6.07, 6.45) is 4.19. The standard InChI is InChI=1S/C20H19N5OS3/c1-12-5-4-6-13(9-12)22-19-24-25-20(29-19)27-11-17(26)23-18-15(10-21)14-7-2-3-8-16(14)28-18/h4-6,9H,2-3,7-8,11H2,1H3,(H,22,24)(H,23,26). The number of benzene rings is 1. The molecule has 0 fully saturated rings.